The number of rotatable bonds is 12. The maximum Gasteiger partial charge on any atom is 0.305 e. The highest BCUT2D eigenvalue weighted by Crippen LogP contribution is 2.28. The number of amides is 1. The summed E-state index contributed by atoms with van der Waals surface area (Å²) in [5, 5.41) is 9.34. The minimum Gasteiger partial charge on any atom is -0.469 e. The molecule has 146 valence electrons. The first-order valence-corrected chi connectivity index (χ1v) is 9.04. The Morgan fingerprint density at radius 1 is 1.04 bits per heavy atom. The van der Waals surface area contributed by atoms with E-state index in [2.05, 4.69) is 25.7 Å². The van der Waals surface area contributed by atoms with Gasteiger partial charge in [-0.25, -0.2) is 0 Å². The second-order valence-corrected chi connectivity index (χ2v) is 5.99. The Bertz CT molecular complexity index is 415. The molecule has 25 heavy (non-hydrogen) atoms. The third-order valence-electron chi connectivity index (χ3n) is 3.80. The fourth-order valence-corrected chi connectivity index (χ4v) is 2.23. The Balaban J connectivity index is 0.00000576. The van der Waals surface area contributed by atoms with Gasteiger partial charge in [0.15, 0.2) is 5.96 Å². The highest BCUT2D eigenvalue weighted by atomic mass is 127. The molecule has 1 aliphatic carbocycles. The lowest BCUT2D eigenvalue weighted by molar-refractivity contribution is -0.140. The van der Waals surface area contributed by atoms with Gasteiger partial charge in [-0.05, 0) is 32.6 Å². The Morgan fingerprint density at radius 3 is 2.36 bits per heavy atom. The Kier molecular flexibility index (Phi) is 14.6. The van der Waals surface area contributed by atoms with E-state index in [-0.39, 0.29) is 41.8 Å². The van der Waals surface area contributed by atoms with Crippen molar-refractivity contribution in [1.29, 1.82) is 0 Å². The molecule has 1 saturated carbocycles. The number of guanidine groups is 1. The first-order chi connectivity index (χ1) is 11.7. The van der Waals surface area contributed by atoms with Crippen LogP contribution in [0.5, 0.6) is 0 Å². The van der Waals surface area contributed by atoms with Crippen molar-refractivity contribution in [2.75, 3.05) is 33.3 Å². The molecule has 0 aliphatic heterocycles. The van der Waals surface area contributed by atoms with Gasteiger partial charge in [-0.3, -0.25) is 14.6 Å². The van der Waals surface area contributed by atoms with Crippen LogP contribution in [0.4, 0.5) is 0 Å². The van der Waals surface area contributed by atoms with E-state index in [4.69, 9.17) is 0 Å². The van der Waals surface area contributed by atoms with Gasteiger partial charge in [0.25, 0.3) is 0 Å². The number of nitrogens with zero attached hydrogens (tertiary/aromatic N) is 1. The summed E-state index contributed by atoms with van der Waals surface area (Å²) in [6.07, 6.45) is 6.49. The van der Waals surface area contributed by atoms with Crippen molar-refractivity contribution >= 4 is 41.8 Å². The summed E-state index contributed by atoms with van der Waals surface area (Å²) in [6.45, 7) is 4.87. The molecule has 0 saturated heterocycles. The van der Waals surface area contributed by atoms with Crippen molar-refractivity contribution in [3.8, 4) is 0 Å². The molecule has 1 amide bonds. The molecule has 0 aromatic rings. The fraction of sp³-hybridized carbons (Fsp3) is 0.824. The van der Waals surface area contributed by atoms with E-state index in [0.29, 0.717) is 19.5 Å². The second kappa shape index (κ2) is 15.2. The van der Waals surface area contributed by atoms with Crippen molar-refractivity contribution < 1.29 is 14.3 Å². The number of hydrogen-bond acceptors (Lipinski definition) is 4. The lowest BCUT2D eigenvalue weighted by atomic mass is 10.1. The monoisotopic (exact) mass is 468 g/mol. The zero-order valence-corrected chi connectivity index (χ0v) is 17.8. The van der Waals surface area contributed by atoms with Crippen molar-refractivity contribution in [3.05, 3.63) is 0 Å². The topological polar surface area (TPSA) is 91.8 Å². The molecule has 1 rings (SSSR count). The van der Waals surface area contributed by atoms with E-state index in [1.165, 1.54) is 7.11 Å². The zero-order chi connectivity index (χ0) is 17.6. The molecule has 0 spiro atoms. The first-order valence-electron chi connectivity index (χ1n) is 9.04. The quantitative estimate of drug-likeness (QED) is 0.134. The van der Waals surface area contributed by atoms with Gasteiger partial charge in [0.2, 0.25) is 5.91 Å². The van der Waals surface area contributed by atoms with Crippen LogP contribution in [0, 0.1) is 5.92 Å². The van der Waals surface area contributed by atoms with Gasteiger partial charge in [-0.1, -0.05) is 12.8 Å². The number of carbonyl (C=O) groups is 2. The summed E-state index contributed by atoms with van der Waals surface area (Å²) in [6, 6.07) is 0. The average molecular weight is 468 g/mol. The lowest BCUT2D eigenvalue weighted by Crippen LogP contribution is -2.41. The standard InChI is InChI=1S/C17H32N4O3.HI/c1-3-18-17(21-13-12-19-16(23)14-9-10-14)20-11-7-5-4-6-8-15(22)24-2;/h14H,3-13H2,1-2H3,(H,19,23)(H2,18,20,21);1H. The molecule has 7 nitrogen and oxygen atoms in total. The zero-order valence-electron chi connectivity index (χ0n) is 15.4. The van der Waals surface area contributed by atoms with Gasteiger partial charge in [0.1, 0.15) is 0 Å². The second-order valence-electron chi connectivity index (χ2n) is 5.99. The van der Waals surface area contributed by atoms with E-state index in [1.54, 1.807) is 0 Å². The average Bonchev–Trinajstić information content (AvgIpc) is 3.42. The van der Waals surface area contributed by atoms with Crippen molar-refractivity contribution in [2.24, 2.45) is 10.9 Å². The normalized spacial score (nSPS) is 13.6. The summed E-state index contributed by atoms with van der Waals surface area (Å²) in [5.74, 6) is 1.07. The molecule has 0 heterocycles. The largest absolute Gasteiger partial charge is 0.469 e. The van der Waals surface area contributed by atoms with Gasteiger partial charge in [-0.2, -0.15) is 0 Å². The summed E-state index contributed by atoms with van der Waals surface area (Å²) >= 11 is 0. The minimum absolute atomic E-state index is 0. The van der Waals surface area contributed by atoms with Crippen LogP contribution in [0.1, 0.15) is 51.9 Å². The molecular weight excluding hydrogens is 435 g/mol. The van der Waals surface area contributed by atoms with Gasteiger partial charge in [-0.15, -0.1) is 24.0 Å². The van der Waals surface area contributed by atoms with Gasteiger partial charge >= 0.3 is 5.97 Å². The third-order valence-corrected chi connectivity index (χ3v) is 3.80. The number of hydrogen-bond donors (Lipinski definition) is 3. The van der Waals surface area contributed by atoms with E-state index in [9.17, 15) is 9.59 Å². The van der Waals surface area contributed by atoms with Crippen molar-refractivity contribution in [3.63, 3.8) is 0 Å². The first kappa shape index (κ1) is 23.9. The number of methoxy groups -OCH3 is 1. The number of aliphatic imine (C=N–C) groups is 1. The lowest BCUT2D eigenvalue weighted by Gasteiger charge is -2.11. The van der Waals surface area contributed by atoms with Crippen LogP contribution in [0.3, 0.4) is 0 Å². The molecular formula is C17H33IN4O3. The van der Waals surface area contributed by atoms with E-state index in [1.807, 2.05) is 6.92 Å². The minimum atomic E-state index is -0.138. The molecule has 0 atom stereocenters. The molecule has 8 heteroatoms. The van der Waals surface area contributed by atoms with Crippen LogP contribution < -0.4 is 16.0 Å². The van der Waals surface area contributed by atoms with Crippen LogP contribution >= 0.6 is 24.0 Å². The molecule has 1 fully saturated rings. The van der Waals surface area contributed by atoms with Crippen molar-refractivity contribution in [2.45, 2.75) is 51.9 Å². The maximum atomic E-state index is 11.5. The number of unbranched alkanes of at least 4 members (excludes halogenated alkanes) is 3. The van der Waals surface area contributed by atoms with Gasteiger partial charge in [0, 0.05) is 38.5 Å². The fourth-order valence-electron chi connectivity index (χ4n) is 2.23. The number of nitrogens with one attached hydrogen (secondary N) is 3. The number of ether oxygens (including phenoxy) is 1. The Morgan fingerprint density at radius 2 is 1.72 bits per heavy atom. The smallest absolute Gasteiger partial charge is 0.305 e. The highest BCUT2D eigenvalue weighted by Gasteiger charge is 2.28. The highest BCUT2D eigenvalue weighted by molar-refractivity contribution is 14.0. The molecule has 1 aliphatic rings. The molecule has 0 bridgehead atoms. The van der Waals surface area contributed by atoms with Gasteiger partial charge < -0.3 is 20.7 Å². The van der Waals surface area contributed by atoms with Gasteiger partial charge in [0.05, 0.1) is 7.11 Å². The third kappa shape index (κ3) is 12.9. The van der Waals surface area contributed by atoms with E-state index in [0.717, 1.165) is 57.6 Å². The Labute approximate surface area is 168 Å². The molecule has 0 unspecified atom stereocenters. The van der Waals surface area contributed by atoms with Crippen LogP contribution in [-0.2, 0) is 14.3 Å². The number of halogens is 1. The summed E-state index contributed by atoms with van der Waals surface area (Å²) in [7, 11) is 1.42. The van der Waals surface area contributed by atoms with Crippen LogP contribution in [0.2, 0.25) is 0 Å². The maximum absolute atomic E-state index is 11.5. The predicted octanol–water partition coefficient (Wildman–Crippen LogP) is 1.81. The molecule has 0 aromatic carbocycles. The van der Waals surface area contributed by atoms with Crippen LogP contribution in [0.15, 0.2) is 4.99 Å². The summed E-state index contributed by atoms with van der Waals surface area (Å²) < 4.78 is 4.61. The van der Waals surface area contributed by atoms with Crippen LogP contribution in [-0.4, -0.2) is 51.1 Å². The molecule has 0 radical (unpaired) electrons. The van der Waals surface area contributed by atoms with E-state index >= 15 is 0 Å². The molecule has 0 aromatic heterocycles. The Hall–Kier alpha value is -1.06. The van der Waals surface area contributed by atoms with Crippen molar-refractivity contribution in [1.82, 2.24) is 16.0 Å². The predicted molar refractivity (Wildman–Crippen MR) is 110 cm³/mol. The number of esters is 1. The van der Waals surface area contributed by atoms with E-state index < -0.39 is 0 Å². The molecule has 3 N–H and O–H groups in total. The summed E-state index contributed by atoms with van der Waals surface area (Å²) in [4.78, 5) is 27.0. The summed E-state index contributed by atoms with van der Waals surface area (Å²) in [5.41, 5.74) is 0. The van der Waals surface area contributed by atoms with Crippen LogP contribution in [0.25, 0.3) is 0 Å². The SMILES string of the molecule is CCNC(=NCCCCCCC(=O)OC)NCCNC(=O)C1CC1.I. The number of carbonyl (C=O) groups excluding carboxylic acids is 2.